The number of hydrogen-bond acceptors (Lipinski definition) is 3. The fourth-order valence-corrected chi connectivity index (χ4v) is 1.73. The molecule has 0 radical (unpaired) electrons. The van der Waals surface area contributed by atoms with Gasteiger partial charge < -0.3 is 15.2 Å². The van der Waals surface area contributed by atoms with Crippen LogP contribution in [0.25, 0.3) is 0 Å². The highest BCUT2D eigenvalue weighted by atomic mass is 79.9. The Labute approximate surface area is 103 Å². The van der Waals surface area contributed by atoms with Gasteiger partial charge in [-0.2, -0.15) is 0 Å². The summed E-state index contributed by atoms with van der Waals surface area (Å²) in [6.45, 7) is 2.01. The number of carbonyl (C=O) groups is 1. The number of hydrogen-bond donors (Lipinski definition) is 2. The second-order valence-corrected chi connectivity index (χ2v) is 4.16. The smallest absolute Gasteiger partial charge is 0.250 e. The van der Waals surface area contributed by atoms with Gasteiger partial charge in [0.1, 0.15) is 6.61 Å². The Morgan fingerprint density at radius 1 is 1.56 bits per heavy atom. The van der Waals surface area contributed by atoms with E-state index in [0.717, 1.165) is 10.0 Å². The van der Waals surface area contributed by atoms with Crippen LogP contribution in [0.1, 0.15) is 5.56 Å². The number of carbonyl (C=O) groups excluding carboxylic acids is 1. The third-order valence-electron chi connectivity index (χ3n) is 1.87. The van der Waals surface area contributed by atoms with Crippen molar-refractivity contribution in [3.05, 3.63) is 28.2 Å². The van der Waals surface area contributed by atoms with Gasteiger partial charge in [0.15, 0.2) is 0 Å². The van der Waals surface area contributed by atoms with Crippen molar-refractivity contribution in [2.24, 2.45) is 0 Å². The Morgan fingerprint density at radius 2 is 2.31 bits per heavy atom. The van der Waals surface area contributed by atoms with E-state index in [4.69, 9.17) is 9.84 Å². The molecule has 0 saturated carbocycles. The summed E-state index contributed by atoms with van der Waals surface area (Å²) >= 11 is 3.36. The van der Waals surface area contributed by atoms with Crippen LogP contribution in [0.2, 0.25) is 0 Å². The Kier molecular flexibility index (Phi) is 5.45. The summed E-state index contributed by atoms with van der Waals surface area (Å²) < 4.78 is 5.74. The fraction of sp³-hybridized carbons (Fsp3) is 0.364. The quantitative estimate of drug-likeness (QED) is 0.811. The second kappa shape index (κ2) is 6.62. The predicted molar refractivity (Wildman–Crippen MR) is 65.4 cm³/mol. The first kappa shape index (κ1) is 13.2. The minimum absolute atomic E-state index is 0.0547. The minimum atomic E-state index is -0.238. The van der Waals surface area contributed by atoms with E-state index in [1.807, 2.05) is 25.1 Å². The molecule has 0 fully saturated rings. The molecule has 5 heteroatoms. The van der Waals surface area contributed by atoms with Crippen molar-refractivity contribution in [2.45, 2.75) is 6.92 Å². The lowest BCUT2D eigenvalue weighted by Gasteiger charge is -2.08. The molecular weight excluding hydrogens is 274 g/mol. The number of benzene rings is 1. The van der Waals surface area contributed by atoms with E-state index < -0.39 is 0 Å². The number of anilines is 1. The maximum absolute atomic E-state index is 11.4. The molecule has 0 unspecified atom stereocenters. The third kappa shape index (κ3) is 4.30. The van der Waals surface area contributed by atoms with Crippen molar-refractivity contribution < 1.29 is 14.6 Å². The summed E-state index contributed by atoms with van der Waals surface area (Å²) in [5.41, 5.74) is 1.82. The van der Waals surface area contributed by atoms with E-state index in [-0.39, 0.29) is 25.7 Å². The summed E-state index contributed by atoms with van der Waals surface area (Å²) in [6, 6.07) is 5.66. The fourth-order valence-electron chi connectivity index (χ4n) is 1.14. The standard InChI is InChI=1S/C11H14BrNO3/c1-8-2-3-10(9(12)6-8)13-11(15)7-16-5-4-14/h2-3,6,14H,4-5,7H2,1H3,(H,13,15). The van der Waals surface area contributed by atoms with E-state index in [2.05, 4.69) is 21.2 Å². The summed E-state index contributed by atoms with van der Waals surface area (Å²) in [4.78, 5) is 11.4. The molecule has 0 atom stereocenters. The van der Waals surface area contributed by atoms with Crippen LogP contribution in [0, 0.1) is 6.92 Å². The van der Waals surface area contributed by atoms with E-state index in [1.165, 1.54) is 0 Å². The topological polar surface area (TPSA) is 58.6 Å². The summed E-state index contributed by atoms with van der Waals surface area (Å²) in [5, 5.41) is 11.2. The Morgan fingerprint density at radius 3 is 2.94 bits per heavy atom. The van der Waals surface area contributed by atoms with Crippen molar-refractivity contribution in [1.82, 2.24) is 0 Å². The lowest BCUT2D eigenvalue weighted by atomic mass is 10.2. The van der Waals surface area contributed by atoms with Gasteiger partial charge in [-0.15, -0.1) is 0 Å². The molecule has 1 aromatic rings. The lowest BCUT2D eigenvalue weighted by molar-refractivity contribution is -0.120. The zero-order valence-electron chi connectivity index (χ0n) is 9.00. The Bertz CT molecular complexity index is 368. The minimum Gasteiger partial charge on any atom is -0.394 e. The number of aryl methyl sites for hydroxylation is 1. The van der Waals surface area contributed by atoms with Gasteiger partial charge in [0.2, 0.25) is 5.91 Å². The highest BCUT2D eigenvalue weighted by molar-refractivity contribution is 9.10. The molecule has 1 aromatic carbocycles. The zero-order valence-corrected chi connectivity index (χ0v) is 10.6. The summed E-state index contributed by atoms with van der Waals surface area (Å²) in [5.74, 6) is -0.238. The van der Waals surface area contributed by atoms with Gasteiger partial charge in [-0.05, 0) is 40.5 Å². The second-order valence-electron chi connectivity index (χ2n) is 3.31. The van der Waals surface area contributed by atoms with Gasteiger partial charge in [-0.25, -0.2) is 0 Å². The molecular formula is C11H14BrNO3. The van der Waals surface area contributed by atoms with Crippen LogP contribution in [0.15, 0.2) is 22.7 Å². The van der Waals surface area contributed by atoms with Crippen molar-refractivity contribution in [2.75, 3.05) is 25.1 Å². The van der Waals surface area contributed by atoms with Gasteiger partial charge in [0.05, 0.1) is 18.9 Å². The van der Waals surface area contributed by atoms with Crippen LogP contribution in [-0.2, 0) is 9.53 Å². The molecule has 0 heterocycles. The highest BCUT2D eigenvalue weighted by Gasteiger charge is 2.05. The zero-order chi connectivity index (χ0) is 12.0. The number of amides is 1. The summed E-state index contributed by atoms with van der Waals surface area (Å²) in [6.07, 6.45) is 0. The largest absolute Gasteiger partial charge is 0.394 e. The number of ether oxygens (including phenoxy) is 1. The van der Waals surface area contributed by atoms with Gasteiger partial charge in [-0.1, -0.05) is 6.07 Å². The normalized spacial score (nSPS) is 10.2. The lowest BCUT2D eigenvalue weighted by Crippen LogP contribution is -2.19. The van der Waals surface area contributed by atoms with Crippen LogP contribution in [0.5, 0.6) is 0 Å². The molecule has 0 aromatic heterocycles. The molecule has 4 nitrogen and oxygen atoms in total. The molecule has 1 rings (SSSR count). The molecule has 0 aliphatic rings. The molecule has 2 N–H and O–H groups in total. The number of rotatable bonds is 5. The number of halogens is 1. The molecule has 16 heavy (non-hydrogen) atoms. The van der Waals surface area contributed by atoms with Crippen molar-refractivity contribution in [3.63, 3.8) is 0 Å². The summed E-state index contributed by atoms with van der Waals surface area (Å²) in [7, 11) is 0. The van der Waals surface area contributed by atoms with Crippen molar-refractivity contribution >= 4 is 27.5 Å². The molecule has 0 bridgehead atoms. The maximum Gasteiger partial charge on any atom is 0.250 e. The first-order valence-electron chi connectivity index (χ1n) is 4.88. The Balaban J connectivity index is 2.49. The average molecular weight is 288 g/mol. The van der Waals surface area contributed by atoms with Crippen LogP contribution < -0.4 is 5.32 Å². The van der Waals surface area contributed by atoms with Crippen LogP contribution >= 0.6 is 15.9 Å². The monoisotopic (exact) mass is 287 g/mol. The van der Waals surface area contributed by atoms with Gasteiger partial charge in [-0.3, -0.25) is 4.79 Å². The van der Waals surface area contributed by atoms with Crippen molar-refractivity contribution in [1.29, 1.82) is 0 Å². The van der Waals surface area contributed by atoms with E-state index >= 15 is 0 Å². The first-order chi connectivity index (χ1) is 7.63. The maximum atomic E-state index is 11.4. The molecule has 0 saturated heterocycles. The third-order valence-corrected chi connectivity index (χ3v) is 2.52. The molecule has 0 spiro atoms. The van der Waals surface area contributed by atoms with E-state index in [9.17, 15) is 4.79 Å². The SMILES string of the molecule is Cc1ccc(NC(=O)COCCO)c(Br)c1. The van der Waals surface area contributed by atoms with Crippen LogP contribution in [0.3, 0.4) is 0 Å². The Hall–Kier alpha value is -0.910. The highest BCUT2D eigenvalue weighted by Crippen LogP contribution is 2.23. The molecule has 1 amide bonds. The molecule has 0 aliphatic carbocycles. The average Bonchev–Trinajstić information content (AvgIpc) is 2.23. The van der Waals surface area contributed by atoms with Crippen LogP contribution in [0.4, 0.5) is 5.69 Å². The van der Waals surface area contributed by atoms with Gasteiger partial charge in [0, 0.05) is 4.47 Å². The van der Waals surface area contributed by atoms with Crippen molar-refractivity contribution in [3.8, 4) is 0 Å². The first-order valence-corrected chi connectivity index (χ1v) is 5.67. The van der Waals surface area contributed by atoms with Crippen LogP contribution in [-0.4, -0.2) is 30.8 Å². The number of aliphatic hydroxyl groups is 1. The number of nitrogens with one attached hydrogen (secondary N) is 1. The van der Waals surface area contributed by atoms with Gasteiger partial charge >= 0.3 is 0 Å². The van der Waals surface area contributed by atoms with E-state index in [1.54, 1.807) is 0 Å². The van der Waals surface area contributed by atoms with E-state index in [0.29, 0.717) is 5.69 Å². The predicted octanol–water partition coefficient (Wildman–Crippen LogP) is 1.70. The molecule has 0 aliphatic heterocycles. The number of aliphatic hydroxyl groups excluding tert-OH is 1. The molecule has 88 valence electrons. The van der Waals surface area contributed by atoms with Gasteiger partial charge in [0.25, 0.3) is 0 Å².